The normalized spacial score (nSPS) is 16.0. The van der Waals surface area contributed by atoms with E-state index < -0.39 is 0 Å². The van der Waals surface area contributed by atoms with Crippen molar-refractivity contribution in [1.29, 1.82) is 0 Å². The van der Waals surface area contributed by atoms with Crippen molar-refractivity contribution in [2.24, 2.45) is 5.92 Å². The summed E-state index contributed by atoms with van der Waals surface area (Å²) >= 11 is 3.59. The van der Waals surface area contributed by atoms with E-state index in [1.807, 2.05) is 12.1 Å². The van der Waals surface area contributed by atoms with Crippen LogP contribution in [0.4, 0.5) is 5.82 Å². The van der Waals surface area contributed by atoms with Crippen LogP contribution in [0.5, 0.6) is 11.5 Å². The second-order valence-electron chi connectivity index (χ2n) is 5.51. The highest BCUT2D eigenvalue weighted by Gasteiger charge is 2.21. The van der Waals surface area contributed by atoms with Crippen molar-refractivity contribution < 1.29 is 9.47 Å². The Morgan fingerprint density at radius 2 is 1.82 bits per heavy atom. The predicted octanol–water partition coefficient (Wildman–Crippen LogP) is 3.26. The van der Waals surface area contributed by atoms with Crippen LogP contribution in [0, 0.1) is 5.92 Å². The Hall–Kier alpha value is -1.56. The Bertz CT molecular complexity index is 657. The average molecular weight is 366 g/mol. The third-order valence-corrected chi connectivity index (χ3v) is 5.17. The molecule has 0 atom stereocenters. The van der Waals surface area contributed by atoms with Crippen LogP contribution >= 0.6 is 15.9 Å². The Kier molecular flexibility index (Phi) is 4.66. The summed E-state index contributed by atoms with van der Waals surface area (Å²) < 4.78 is 10.8. The molecule has 0 unspecified atom stereocenters. The van der Waals surface area contributed by atoms with Gasteiger partial charge in [0.05, 0.1) is 19.7 Å². The Morgan fingerprint density at radius 1 is 1.14 bits per heavy atom. The molecule has 1 saturated heterocycles. The lowest BCUT2D eigenvalue weighted by Gasteiger charge is -2.32. The van der Waals surface area contributed by atoms with Crippen molar-refractivity contribution in [2.45, 2.75) is 12.8 Å². The SMILES string of the molecule is COc1cc2ncnc(N3CCC(CBr)CC3)c2cc1OC. The second-order valence-corrected chi connectivity index (χ2v) is 6.15. The number of piperidine rings is 1. The second kappa shape index (κ2) is 6.69. The quantitative estimate of drug-likeness (QED) is 0.778. The van der Waals surface area contributed by atoms with Gasteiger partial charge in [-0.05, 0) is 24.8 Å². The zero-order chi connectivity index (χ0) is 15.5. The summed E-state index contributed by atoms with van der Waals surface area (Å²) in [5.74, 6) is 3.15. The number of aromatic nitrogens is 2. The van der Waals surface area contributed by atoms with Crippen LogP contribution in [-0.2, 0) is 0 Å². The van der Waals surface area contributed by atoms with Crippen LogP contribution in [0.3, 0.4) is 0 Å². The van der Waals surface area contributed by atoms with Crippen molar-refractivity contribution in [1.82, 2.24) is 9.97 Å². The van der Waals surface area contributed by atoms with Crippen LogP contribution in [-0.4, -0.2) is 42.6 Å². The maximum absolute atomic E-state index is 5.42. The van der Waals surface area contributed by atoms with E-state index in [9.17, 15) is 0 Å². The fraction of sp³-hybridized carbons (Fsp3) is 0.500. The summed E-state index contributed by atoms with van der Waals surface area (Å²) in [7, 11) is 3.28. The number of methoxy groups -OCH3 is 2. The van der Waals surface area contributed by atoms with Gasteiger partial charge in [-0.2, -0.15) is 0 Å². The number of ether oxygens (including phenoxy) is 2. The van der Waals surface area contributed by atoms with E-state index in [1.54, 1.807) is 20.5 Å². The number of alkyl halides is 1. The number of rotatable bonds is 4. The molecule has 1 aliphatic rings. The van der Waals surface area contributed by atoms with Gasteiger partial charge in [-0.3, -0.25) is 0 Å². The molecule has 0 aliphatic carbocycles. The van der Waals surface area contributed by atoms with Gasteiger partial charge in [0.2, 0.25) is 0 Å². The summed E-state index contributed by atoms with van der Waals surface area (Å²) in [6, 6.07) is 3.88. The lowest BCUT2D eigenvalue weighted by atomic mass is 9.99. The van der Waals surface area contributed by atoms with E-state index in [2.05, 4.69) is 30.8 Å². The first-order valence-corrected chi connectivity index (χ1v) is 8.56. The zero-order valence-corrected chi connectivity index (χ0v) is 14.5. The highest BCUT2D eigenvalue weighted by atomic mass is 79.9. The van der Waals surface area contributed by atoms with E-state index >= 15 is 0 Å². The molecule has 0 bridgehead atoms. The first kappa shape index (κ1) is 15.3. The van der Waals surface area contributed by atoms with E-state index in [-0.39, 0.29) is 0 Å². The summed E-state index contributed by atoms with van der Waals surface area (Å²) in [4.78, 5) is 11.2. The van der Waals surface area contributed by atoms with Crippen molar-refractivity contribution in [3.63, 3.8) is 0 Å². The van der Waals surface area contributed by atoms with Crippen molar-refractivity contribution in [2.75, 3.05) is 37.5 Å². The molecule has 6 heteroatoms. The highest BCUT2D eigenvalue weighted by Crippen LogP contribution is 2.35. The van der Waals surface area contributed by atoms with Gasteiger partial charge < -0.3 is 14.4 Å². The maximum atomic E-state index is 5.42. The molecule has 1 aromatic carbocycles. The first-order chi connectivity index (χ1) is 10.8. The van der Waals surface area contributed by atoms with Gasteiger partial charge >= 0.3 is 0 Å². The monoisotopic (exact) mass is 365 g/mol. The fourth-order valence-electron chi connectivity index (χ4n) is 2.92. The zero-order valence-electron chi connectivity index (χ0n) is 12.9. The van der Waals surface area contributed by atoms with Gasteiger partial charge in [0, 0.05) is 29.9 Å². The van der Waals surface area contributed by atoms with Gasteiger partial charge in [-0.15, -0.1) is 0 Å². The van der Waals surface area contributed by atoms with Crippen LogP contribution in [0.15, 0.2) is 18.5 Å². The van der Waals surface area contributed by atoms with Gasteiger partial charge in [0.25, 0.3) is 0 Å². The molecule has 2 heterocycles. The molecule has 118 valence electrons. The number of hydrogen-bond donors (Lipinski definition) is 0. The number of hydrogen-bond acceptors (Lipinski definition) is 5. The number of nitrogens with zero attached hydrogens (tertiary/aromatic N) is 3. The van der Waals surface area contributed by atoms with Crippen molar-refractivity contribution in [3.8, 4) is 11.5 Å². The largest absolute Gasteiger partial charge is 0.493 e. The minimum Gasteiger partial charge on any atom is -0.493 e. The summed E-state index contributed by atoms with van der Waals surface area (Å²) in [6.07, 6.45) is 3.99. The molecule has 2 aromatic rings. The van der Waals surface area contributed by atoms with Gasteiger partial charge in [-0.25, -0.2) is 9.97 Å². The standard InChI is InChI=1S/C16H20BrN3O2/c1-21-14-7-12-13(8-15(14)22-2)18-10-19-16(12)20-5-3-11(9-17)4-6-20/h7-8,10-11H,3-6,9H2,1-2H3. The molecule has 1 aliphatic heterocycles. The van der Waals surface area contributed by atoms with E-state index in [4.69, 9.17) is 9.47 Å². The number of benzene rings is 1. The Labute approximate surface area is 138 Å². The summed E-state index contributed by atoms with van der Waals surface area (Å²) in [5.41, 5.74) is 0.880. The topological polar surface area (TPSA) is 47.5 Å². The number of fused-ring (bicyclic) bond motifs is 1. The van der Waals surface area contributed by atoms with Crippen molar-refractivity contribution >= 4 is 32.7 Å². The van der Waals surface area contributed by atoms with Crippen LogP contribution in [0.2, 0.25) is 0 Å². The van der Waals surface area contributed by atoms with Gasteiger partial charge in [0.15, 0.2) is 11.5 Å². The molecule has 3 rings (SSSR count). The molecule has 1 aromatic heterocycles. The molecule has 0 radical (unpaired) electrons. The first-order valence-electron chi connectivity index (χ1n) is 7.44. The number of halogens is 1. The highest BCUT2D eigenvalue weighted by molar-refractivity contribution is 9.09. The molecular formula is C16H20BrN3O2. The molecule has 0 spiro atoms. The minimum absolute atomic E-state index is 0.692. The lowest BCUT2D eigenvalue weighted by molar-refractivity contribution is 0.355. The fourth-order valence-corrected chi connectivity index (χ4v) is 3.57. The smallest absolute Gasteiger partial charge is 0.162 e. The van der Waals surface area contributed by atoms with Gasteiger partial charge in [-0.1, -0.05) is 15.9 Å². The molecule has 0 N–H and O–H groups in total. The lowest BCUT2D eigenvalue weighted by Crippen LogP contribution is -2.34. The number of anilines is 1. The van der Waals surface area contributed by atoms with Crippen LogP contribution < -0.4 is 14.4 Å². The molecule has 1 fully saturated rings. The van der Waals surface area contributed by atoms with E-state index in [0.29, 0.717) is 11.5 Å². The third-order valence-electron chi connectivity index (χ3n) is 4.25. The van der Waals surface area contributed by atoms with Gasteiger partial charge in [0.1, 0.15) is 12.1 Å². The maximum Gasteiger partial charge on any atom is 0.162 e. The predicted molar refractivity (Wildman–Crippen MR) is 91.4 cm³/mol. The van der Waals surface area contributed by atoms with Crippen molar-refractivity contribution in [3.05, 3.63) is 18.5 Å². The molecule has 0 amide bonds. The summed E-state index contributed by atoms with van der Waals surface area (Å²) in [5, 5.41) is 2.09. The van der Waals surface area contributed by atoms with Crippen LogP contribution in [0.1, 0.15) is 12.8 Å². The molecule has 0 saturated carbocycles. The minimum atomic E-state index is 0.692. The molecule has 22 heavy (non-hydrogen) atoms. The Balaban J connectivity index is 1.99. The molecular weight excluding hydrogens is 346 g/mol. The third kappa shape index (κ3) is 2.84. The van der Waals surface area contributed by atoms with Crippen LogP contribution in [0.25, 0.3) is 10.9 Å². The van der Waals surface area contributed by atoms with E-state index in [0.717, 1.165) is 41.1 Å². The summed E-state index contributed by atoms with van der Waals surface area (Å²) in [6.45, 7) is 2.05. The van der Waals surface area contributed by atoms with E-state index in [1.165, 1.54) is 12.8 Å². The Morgan fingerprint density at radius 3 is 2.45 bits per heavy atom. The average Bonchev–Trinajstić information content (AvgIpc) is 2.60. The molecule has 5 nitrogen and oxygen atoms in total.